The van der Waals surface area contributed by atoms with Crippen LogP contribution in [-0.4, -0.2) is 5.78 Å². The van der Waals surface area contributed by atoms with Gasteiger partial charge in [0.2, 0.25) is 5.78 Å². The van der Waals surface area contributed by atoms with Crippen molar-refractivity contribution in [1.82, 2.24) is 0 Å². The molecule has 0 aliphatic carbocycles. The quantitative estimate of drug-likeness (QED) is 0.457. The third-order valence-corrected chi connectivity index (χ3v) is 4.64. The van der Waals surface area contributed by atoms with Crippen molar-refractivity contribution in [3.8, 4) is 11.1 Å². The normalized spacial score (nSPS) is 10.9. The smallest absolute Gasteiger partial charge is 0.230 e. The minimum Gasteiger partial charge on any atom is -0.450 e. The number of anilines is 1. The first-order valence-corrected chi connectivity index (χ1v) is 8.60. The van der Waals surface area contributed by atoms with Crippen LogP contribution in [-0.2, 0) is 0 Å². The maximum atomic E-state index is 12.8. The highest BCUT2D eigenvalue weighted by Gasteiger charge is 2.20. The fourth-order valence-electron chi connectivity index (χ4n) is 2.83. The van der Waals surface area contributed by atoms with Crippen LogP contribution in [0.25, 0.3) is 22.1 Å². The molecule has 1 aromatic heterocycles. The Morgan fingerprint density at radius 1 is 0.880 bits per heavy atom. The molecule has 0 unspecified atom stereocenters. The molecule has 0 amide bonds. The maximum Gasteiger partial charge on any atom is 0.230 e. The van der Waals surface area contributed by atoms with Gasteiger partial charge in [-0.15, -0.1) is 0 Å². The number of hydrogen-bond acceptors (Lipinski definition) is 3. The molecule has 4 rings (SSSR count). The van der Waals surface area contributed by atoms with Gasteiger partial charge in [0.1, 0.15) is 5.58 Å². The molecule has 0 radical (unpaired) electrons. The van der Waals surface area contributed by atoms with Gasteiger partial charge in [0.25, 0.3) is 0 Å². The molecular weight excluding hydrogens is 378 g/mol. The van der Waals surface area contributed by atoms with E-state index in [1.54, 1.807) is 18.2 Å². The van der Waals surface area contributed by atoms with Gasteiger partial charge in [0.05, 0.1) is 5.69 Å². The molecular formula is C21H14BrNO2. The standard InChI is InChI=1S/C21H14BrNO2/c22-16-10-11-17-18(12-16)25-21(19(17)23)20(24)15-8-6-14(7-9-15)13-4-2-1-3-5-13/h1-12H,23H2. The molecule has 1 heterocycles. The number of nitrogens with two attached hydrogens (primary N) is 1. The monoisotopic (exact) mass is 391 g/mol. The second kappa shape index (κ2) is 6.22. The van der Waals surface area contributed by atoms with Crippen molar-refractivity contribution in [2.24, 2.45) is 0 Å². The number of nitrogen functional groups attached to an aromatic ring is 1. The van der Waals surface area contributed by atoms with Gasteiger partial charge < -0.3 is 10.2 Å². The van der Waals surface area contributed by atoms with Crippen LogP contribution in [0.4, 0.5) is 5.69 Å². The first-order chi connectivity index (χ1) is 12.1. The van der Waals surface area contributed by atoms with Crippen molar-refractivity contribution in [3.05, 3.63) is 88.6 Å². The van der Waals surface area contributed by atoms with Gasteiger partial charge in [-0.1, -0.05) is 70.5 Å². The summed E-state index contributed by atoms with van der Waals surface area (Å²) in [4.78, 5) is 12.8. The number of ketones is 1. The molecule has 0 spiro atoms. The van der Waals surface area contributed by atoms with Crippen molar-refractivity contribution in [3.63, 3.8) is 0 Å². The lowest BCUT2D eigenvalue weighted by Crippen LogP contribution is -2.02. The first-order valence-electron chi connectivity index (χ1n) is 7.81. The number of furan rings is 1. The van der Waals surface area contributed by atoms with E-state index in [0.29, 0.717) is 16.8 Å². The van der Waals surface area contributed by atoms with Crippen LogP contribution in [0.2, 0.25) is 0 Å². The van der Waals surface area contributed by atoms with Gasteiger partial charge in [-0.2, -0.15) is 0 Å². The first kappa shape index (κ1) is 15.7. The highest BCUT2D eigenvalue weighted by atomic mass is 79.9. The molecule has 0 atom stereocenters. The molecule has 0 aliphatic heterocycles. The molecule has 0 bridgehead atoms. The van der Waals surface area contributed by atoms with Crippen molar-refractivity contribution in [1.29, 1.82) is 0 Å². The Kier molecular flexibility index (Phi) is 3.90. The number of rotatable bonds is 3. The predicted octanol–water partition coefficient (Wildman–Crippen LogP) is 5.68. The highest BCUT2D eigenvalue weighted by molar-refractivity contribution is 9.10. The lowest BCUT2D eigenvalue weighted by atomic mass is 10.0. The lowest BCUT2D eigenvalue weighted by Gasteiger charge is -2.03. The van der Waals surface area contributed by atoms with Crippen molar-refractivity contribution in [2.45, 2.75) is 0 Å². The number of carbonyl (C=O) groups is 1. The van der Waals surface area contributed by atoms with E-state index in [2.05, 4.69) is 15.9 Å². The SMILES string of the molecule is Nc1c(C(=O)c2ccc(-c3ccccc3)cc2)oc2cc(Br)ccc12. The summed E-state index contributed by atoms with van der Waals surface area (Å²) < 4.78 is 6.58. The number of fused-ring (bicyclic) bond motifs is 1. The zero-order valence-electron chi connectivity index (χ0n) is 13.2. The van der Waals surface area contributed by atoms with E-state index in [-0.39, 0.29) is 11.5 Å². The number of hydrogen-bond donors (Lipinski definition) is 1. The summed E-state index contributed by atoms with van der Waals surface area (Å²) in [5.74, 6) is -0.0370. The lowest BCUT2D eigenvalue weighted by molar-refractivity contribution is 0.101. The second-order valence-electron chi connectivity index (χ2n) is 5.76. The minimum absolute atomic E-state index is 0.181. The summed E-state index contributed by atoms with van der Waals surface area (Å²) in [5, 5.41) is 0.743. The summed E-state index contributed by atoms with van der Waals surface area (Å²) in [6.45, 7) is 0. The molecule has 3 nitrogen and oxygen atoms in total. The van der Waals surface area contributed by atoms with Gasteiger partial charge in [-0.3, -0.25) is 4.79 Å². The Morgan fingerprint density at radius 2 is 1.56 bits per heavy atom. The van der Waals surface area contributed by atoms with E-state index < -0.39 is 0 Å². The molecule has 0 aliphatic rings. The van der Waals surface area contributed by atoms with Gasteiger partial charge in [-0.05, 0) is 29.3 Å². The average Bonchev–Trinajstić information content (AvgIpc) is 2.98. The topological polar surface area (TPSA) is 56.2 Å². The zero-order valence-corrected chi connectivity index (χ0v) is 14.8. The van der Waals surface area contributed by atoms with Gasteiger partial charge in [0, 0.05) is 15.4 Å². The maximum absolute atomic E-state index is 12.8. The zero-order chi connectivity index (χ0) is 17.4. The van der Waals surface area contributed by atoms with Crippen molar-refractivity contribution >= 4 is 38.4 Å². The fraction of sp³-hybridized carbons (Fsp3) is 0. The van der Waals surface area contributed by atoms with E-state index in [1.165, 1.54) is 0 Å². The van der Waals surface area contributed by atoms with E-state index in [4.69, 9.17) is 10.2 Å². The molecule has 122 valence electrons. The van der Waals surface area contributed by atoms with E-state index >= 15 is 0 Å². The largest absolute Gasteiger partial charge is 0.450 e. The third-order valence-electron chi connectivity index (χ3n) is 4.15. The summed E-state index contributed by atoms with van der Waals surface area (Å²) in [5.41, 5.74) is 9.79. The molecule has 4 aromatic rings. The Bertz CT molecular complexity index is 1070. The number of halogens is 1. The van der Waals surface area contributed by atoms with Gasteiger partial charge in [0.15, 0.2) is 5.76 Å². The highest BCUT2D eigenvalue weighted by Crippen LogP contribution is 2.32. The van der Waals surface area contributed by atoms with Crippen LogP contribution in [0, 0.1) is 0 Å². The summed E-state index contributed by atoms with van der Waals surface area (Å²) in [7, 11) is 0. The van der Waals surface area contributed by atoms with E-state index in [0.717, 1.165) is 21.0 Å². The Balaban J connectivity index is 1.70. The van der Waals surface area contributed by atoms with Crippen LogP contribution in [0.1, 0.15) is 16.1 Å². The fourth-order valence-corrected chi connectivity index (χ4v) is 3.17. The Labute approximate surface area is 153 Å². The summed E-state index contributed by atoms with van der Waals surface area (Å²) >= 11 is 3.39. The van der Waals surface area contributed by atoms with Gasteiger partial charge in [-0.25, -0.2) is 0 Å². The Morgan fingerprint density at radius 3 is 2.28 bits per heavy atom. The van der Waals surface area contributed by atoms with Crippen molar-refractivity contribution in [2.75, 3.05) is 5.73 Å². The molecule has 3 aromatic carbocycles. The van der Waals surface area contributed by atoms with Crippen LogP contribution in [0.3, 0.4) is 0 Å². The molecule has 0 saturated heterocycles. The van der Waals surface area contributed by atoms with Crippen LogP contribution in [0.5, 0.6) is 0 Å². The van der Waals surface area contributed by atoms with Crippen LogP contribution in [0.15, 0.2) is 81.7 Å². The third kappa shape index (κ3) is 2.85. The molecule has 0 saturated carbocycles. The van der Waals surface area contributed by atoms with E-state index in [1.807, 2.05) is 54.6 Å². The van der Waals surface area contributed by atoms with Crippen LogP contribution < -0.4 is 5.73 Å². The average molecular weight is 392 g/mol. The molecule has 0 fully saturated rings. The van der Waals surface area contributed by atoms with Crippen LogP contribution >= 0.6 is 15.9 Å². The molecule has 25 heavy (non-hydrogen) atoms. The number of benzene rings is 3. The number of carbonyl (C=O) groups excluding carboxylic acids is 1. The van der Waals surface area contributed by atoms with E-state index in [9.17, 15) is 4.79 Å². The Hall–Kier alpha value is -2.85. The summed E-state index contributed by atoms with van der Waals surface area (Å²) in [6, 6.07) is 23.0. The van der Waals surface area contributed by atoms with Gasteiger partial charge >= 0.3 is 0 Å². The molecule has 4 heteroatoms. The second-order valence-corrected chi connectivity index (χ2v) is 6.67. The van der Waals surface area contributed by atoms with Crippen molar-refractivity contribution < 1.29 is 9.21 Å². The molecule has 2 N–H and O–H groups in total. The minimum atomic E-state index is -0.218. The predicted molar refractivity (Wildman–Crippen MR) is 104 cm³/mol. The summed E-state index contributed by atoms with van der Waals surface area (Å²) in [6.07, 6.45) is 0.